The number of nitrogens with zero attached hydrogens (tertiary/aromatic N) is 3. The molecule has 10 nitrogen and oxygen atoms in total. The standard InChI is InChI=1S/C23H25N5O5/c1-11(9-28-10-24-19-20(28)26-23(25-13(3)29)27-21(19)30)14-4-5-15-7-16-18(33-17(15)8-14)6-12(2)32-22(16)31/h6-7,10-11,14,17H,4-5,8-9H2,1-3H3,(H2,25,26,27,29,30)/t11?,14-,17-/m0/s1. The van der Waals surface area contributed by atoms with E-state index in [9.17, 15) is 14.4 Å². The summed E-state index contributed by atoms with van der Waals surface area (Å²) in [5, 5.41) is 2.52. The van der Waals surface area contributed by atoms with Crippen LogP contribution in [0.25, 0.3) is 17.2 Å². The van der Waals surface area contributed by atoms with Crippen LogP contribution in [-0.4, -0.2) is 31.5 Å². The van der Waals surface area contributed by atoms with Gasteiger partial charge in [-0.15, -0.1) is 0 Å². The van der Waals surface area contributed by atoms with Crippen molar-refractivity contribution in [1.29, 1.82) is 0 Å². The Bertz CT molecular complexity index is 1400. The minimum absolute atomic E-state index is 0.0632. The van der Waals surface area contributed by atoms with Crippen LogP contribution in [0, 0.1) is 18.8 Å². The molecule has 4 heterocycles. The molecule has 0 saturated heterocycles. The van der Waals surface area contributed by atoms with Crippen molar-refractivity contribution in [3.63, 3.8) is 0 Å². The molecule has 1 fully saturated rings. The summed E-state index contributed by atoms with van der Waals surface area (Å²) in [5.41, 5.74) is 1.55. The molecular formula is C23H25N5O5. The molecule has 0 spiro atoms. The second kappa shape index (κ2) is 8.02. The third kappa shape index (κ3) is 3.96. The Morgan fingerprint density at radius 3 is 3.00 bits per heavy atom. The first-order valence-electron chi connectivity index (χ1n) is 11.0. The number of aromatic nitrogens is 4. The molecule has 1 aliphatic carbocycles. The summed E-state index contributed by atoms with van der Waals surface area (Å²) in [6, 6.07) is 1.77. The zero-order chi connectivity index (χ0) is 23.3. The molecule has 10 heteroatoms. The number of carbonyl (C=O) groups is 1. The molecule has 3 aromatic rings. The summed E-state index contributed by atoms with van der Waals surface area (Å²) in [6.45, 7) is 5.89. The lowest BCUT2D eigenvalue weighted by molar-refractivity contribution is -0.114. The molecule has 1 amide bonds. The smallest absolute Gasteiger partial charge is 0.346 e. The van der Waals surface area contributed by atoms with Crippen molar-refractivity contribution in [2.75, 3.05) is 5.32 Å². The molecule has 33 heavy (non-hydrogen) atoms. The quantitative estimate of drug-likeness (QED) is 0.623. The lowest BCUT2D eigenvalue weighted by Gasteiger charge is -2.37. The van der Waals surface area contributed by atoms with Crippen molar-refractivity contribution in [3.05, 3.63) is 50.1 Å². The van der Waals surface area contributed by atoms with E-state index in [1.807, 2.05) is 10.6 Å². The first kappa shape index (κ1) is 21.2. The number of aryl methyl sites for hydroxylation is 1. The Kier molecular flexibility index (Phi) is 5.15. The molecule has 2 aliphatic rings. The highest BCUT2D eigenvalue weighted by Gasteiger charge is 2.34. The van der Waals surface area contributed by atoms with Crippen molar-refractivity contribution in [3.8, 4) is 5.75 Å². The molecule has 3 aromatic heterocycles. The van der Waals surface area contributed by atoms with Gasteiger partial charge in [-0.1, -0.05) is 6.92 Å². The van der Waals surface area contributed by atoms with Crippen molar-refractivity contribution in [2.45, 2.75) is 52.7 Å². The van der Waals surface area contributed by atoms with Crippen molar-refractivity contribution >= 4 is 29.1 Å². The second-order valence-electron chi connectivity index (χ2n) is 8.92. The van der Waals surface area contributed by atoms with Crippen LogP contribution in [0.1, 0.15) is 44.4 Å². The molecule has 1 saturated carbocycles. The number of ether oxygens (including phenoxy) is 1. The maximum atomic E-state index is 12.3. The van der Waals surface area contributed by atoms with Crippen LogP contribution in [0.15, 0.2) is 32.0 Å². The molecule has 1 unspecified atom stereocenters. The zero-order valence-electron chi connectivity index (χ0n) is 18.7. The summed E-state index contributed by atoms with van der Waals surface area (Å²) in [5.74, 6) is 1.55. The van der Waals surface area contributed by atoms with Gasteiger partial charge >= 0.3 is 5.63 Å². The summed E-state index contributed by atoms with van der Waals surface area (Å²) in [7, 11) is 0. The normalized spacial score (nSPS) is 20.4. The Balaban J connectivity index is 1.35. The third-order valence-electron chi connectivity index (χ3n) is 6.47. The molecule has 172 valence electrons. The van der Waals surface area contributed by atoms with E-state index in [0.717, 1.165) is 24.8 Å². The topological polar surface area (TPSA) is 132 Å². The van der Waals surface area contributed by atoms with E-state index in [1.165, 1.54) is 6.92 Å². The van der Waals surface area contributed by atoms with Crippen LogP contribution < -0.4 is 21.2 Å². The van der Waals surface area contributed by atoms with Gasteiger partial charge in [0.2, 0.25) is 11.9 Å². The highest BCUT2D eigenvalue weighted by Crippen LogP contribution is 2.40. The Hall–Kier alpha value is -3.69. The molecule has 0 aromatic carbocycles. The average Bonchev–Trinajstić information content (AvgIpc) is 3.14. The Morgan fingerprint density at radius 1 is 1.39 bits per heavy atom. The number of anilines is 1. The molecule has 0 bridgehead atoms. The number of carbonyl (C=O) groups excluding carboxylic acids is 1. The Labute approximate surface area is 188 Å². The molecular weight excluding hydrogens is 426 g/mol. The number of hydrogen-bond acceptors (Lipinski definition) is 7. The summed E-state index contributed by atoms with van der Waals surface area (Å²) in [4.78, 5) is 47.0. The number of aromatic amines is 1. The number of H-pyrrole nitrogens is 1. The summed E-state index contributed by atoms with van der Waals surface area (Å²) in [6.07, 6.45) is 6.14. The maximum Gasteiger partial charge on any atom is 0.346 e. The van der Waals surface area contributed by atoms with Gasteiger partial charge in [0.15, 0.2) is 11.2 Å². The van der Waals surface area contributed by atoms with Gasteiger partial charge in [-0.05, 0) is 49.7 Å². The van der Waals surface area contributed by atoms with E-state index in [1.54, 1.807) is 19.3 Å². The van der Waals surface area contributed by atoms with E-state index in [4.69, 9.17) is 9.15 Å². The van der Waals surface area contributed by atoms with Gasteiger partial charge in [0, 0.05) is 19.5 Å². The fourth-order valence-corrected chi connectivity index (χ4v) is 4.80. The van der Waals surface area contributed by atoms with E-state index in [-0.39, 0.29) is 35.0 Å². The molecule has 3 atom stereocenters. The monoisotopic (exact) mass is 451 g/mol. The van der Waals surface area contributed by atoms with Gasteiger partial charge in [-0.3, -0.25) is 19.9 Å². The van der Waals surface area contributed by atoms with Crippen LogP contribution in [0.5, 0.6) is 5.75 Å². The van der Waals surface area contributed by atoms with Gasteiger partial charge < -0.3 is 13.7 Å². The van der Waals surface area contributed by atoms with Crippen LogP contribution >= 0.6 is 0 Å². The van der Waals surface area contributed by atoms with E-state index < -0.39 is 5.56 Å². The van der Waals surface area contributed by atoms with Crippen LogP contribution in [0.4, 0.5) is 5.95 Å². The molecule has 2 N–H and O–H groups in total. The highest BCUT2D eigenvalue weighted by atomic mass is 16.5. The van der Waals surface area contributed by atoms with Gasteiger partial charge in [0.05, 0.1) is 6.33 Å². The number of rotatable bonds is 4. The lowest BCUT2D eigenvalue weighted by Crippen LogP contribution is -2.34. The third-order valence-corrected chi connectivity index (χ3v) is 6.47. The zero-order valence-corrected chi connectivity index (χ0v) is 18.7. The van der Waals surface area contributed by atoms with Crippen molar-refractivity contribution in [1.82, 2.24) is 19.5 Å². The van der Waals surface area contributed by atoms with Crippen LogP contribution in [0.3, 0.4) is 0 Å². The minimum atomic E-state index is -0.392. The summed E-state index contributed by atoms with van der Waals surface area (Å²) < 4.78 is 13.3. The molecule has 1 aliphatic heterocycles. The number of fused-ring (bicyclic) bond motifs is 3. The number of hydrogen-bond donors (Lipinski definition) is 2. The first-order chi connectivity index (χ1) is 15.8. The van der Waals surface area contributed by atoms with E-state index in [2.05, 4.69) is 27.2 Å². The van der Waals surface area contributed by atoms with E-state index in [0.29, 0.717) is 35.2 Å². The SMILES string of the molecule is CC(=O)Nc1nc2c(ncn2CC(C)[C@H]2CCC3=Cc4c(cc(C)oc4=O)O[C@H]3C2)c(=O)[nH]1. The van der Waals surface area contributed by atoms with Crippen molar-refractivity contribution in [2.24, 2.45) is 11.8 Å². The van der Waals surface area contributed by atoms with E-state index >= 15 is 0 Å². The van der Waals surface area contributed by atoms with Crippen molar-refractivity contribution < 1.29 is 13.9 Å². The van der Waals surface area contributed by atoms with Crippen LogP contribution in [0.2, 0.25) is 0 Å². The molecule has 0 radical (unpaired) electrons. The molecule has 5 rings (SSSR count). The predicted molar refractivity (Wildman–Crippen MR) is 121 cm³/mol. The lowest BCUT2D eigenvalue weighted by atomic mass is 9.76. The largest absolute Gasteiger partial charge is 0.485 e. The summed E-state index contributed by atoms with van der Waals surface area (Å²) >= 11 is 0. The fraction of sp³-hybridized carbons (Fsp3) is 0.435. The average molecular weight is 451 g/mol. The maximum absolute atomic E-state index is 12.3. The second-order valence-corrected chi connectivity index (χ2v) is 8.92. The number of imidazole rings is 1. The highest BCUT2D eigenvalue weighted by molar-refractivity contribution is 5.87. The number of nitrogens with one attached hydrogen (secondary N) is 2. The predicted octanol–water partition coefficient (Wildman–Crippen LogP) is 2.62. The van der Waals surface area contributed by atoms with Gasteiger partial charge in [0.1, 0.15) is 23.2 Å². The number of amides is 1. The fourth-order valence-electron chi connectivity index (χ4n) is 4.80. The van der Waals surface area contributed by atoms with Crippen LogP contribution in [-0.2, 0) is 11.3 Å². The Morgan fingerprint density at radius 2 is 2.21 bits per heavy atom. The van der Waals surface area contributed by atoms with Gasteiger partial charge in [0.25, 0.3) is 5.56 Å². The van der Waals surface area contributed by atoms with Gasteiger partial charge in [-0.2, -0.15) is 4.98 Å². The first-order valence-corrected chi connectivity index (χ1v) is 11.0. The minimum Gasteiger partial charge on any atom is -0.485 e. The van der Waals surface area contributed by atoms with Gasteiger partial charge in [-0.25, -0.2) is 9.78 Å².